The van der Waals surface area contributed by atoms with E-state index in [1.54, 1.807) is 0 Å². The maximum atomic E-state index is 12.3. The summed E-state index contributed by atoms with van der Waals surface area (Å²) in [6.45, 7) is 9.83. The van der Waals surface area contributed by atoms with Crippen molar-refractivity contribution >= 4 is 11.7 Å². The molecule has 37 heavy (non-hydrogen) atoms. The number of carbonyl (C=O) groups is 1. The van der Waals surface area contributed by atoms with Crippen LogP contribution in [0.2, 0.25) is 0 Å². The quantitative estimate of drug-likeness (QED) is 0.410. The van der Waals surface area contributed by atoms with Crippen LogP contribution in [0.5, 0.6) is 5.75 Å². The SMILES string of the molecule is CC1=C(C2CC(C)C2)ON=C(N2CCC(CCCOc3ccc(C(=O)NCCCO)c(C)c3)CC2)CC1. The van der Waals surface area contributed by atoms with Crippen molar-refractivity contribution in [2.24, 2.45) is 22.9 Å². The monoisotopic (exact) mass is 511 g/mol. The zero-order chi connectivity index (χ0) is 26.2. The zero-order valence-electron chi connectivity index (χ0n) is 22.9. The molecule has 0 aromatic heterocycles. The number of hydrogen-bond donors (Lipinski definition) is 2. The van der Waals surface area contributed by atoms with Gasteiger partial charge in [-0.2, -0.15) is 0 Å². The predicted molar refractivity (Wildman–Crippen MR) is 147 cm³/mol. The molecule has 2 N–H and O–H groups in total. The Kier molecular flexibility index (Phi) is 9.89. The molecule has 1 aliphatic carbocycles. The molecule has 2 aliphatic heterocycles. The lowest BCUT2D eigenvalue weighted by atomic mass is 9.74. The maximum absolute atomic E-state index is 12.3. The van der Waals surface area contributed by atoms with Crippen molar-refractivity contribution < 1.29 is 19.5 Å². The topological polar surface area (TPSA) is 83.4 Å². The molecule has 1 aromatic rings. The number of oxime groups is 1. The summed E-state index contributed by atoms with van der Waals surface area (Å²) < 4.78 is 5.99. The number of rotatable bonds is 10. The minimum atomic E-state index is -0.106. The number of aliphatic hydroxyl groups excluding tert-OH is 1. The van der Waals surface area contributed by atoms with E-state index in [-0.39, 0.29) is 12.5 Å². The standard InChI is InChI=1S/C30H45N3O4/c1-21-18-25(19-21)29-22(2)7-10-28(32-37-29)33-14-11-24(12-15-33)6-4-17-36-26-8-9-27(23(3)20-26)30(35)31-13-5-16-34/h8-9,20-21,24-25,34H,4-7,10-19H2,1-3H3,(H,31,35). The third-order valence-electron chi connectivity index (χ3n) is 8.21. The molecule has 7 heteroatoms. The first-order valence-corrected chi connectivity index (χ1v) is 14.3. The second kappa shape index (κ2) is 13.3. The molecule has 0 spiro atoms. The van der Waals surface area contributed by atoms with Gasteiger partial charge in [0.15, 0.2) is 0 Å². The van der Waals surface area contributed by atoms with Gasteiger partial charge in [-0.15, -0.1) is 0 Å². The van der Waals surface area contributed by atoms with Crippen LogP contribution in [0.4, 0.5) is 0 Å². The molecule has 0 bridgehead atoms. The van der Waals surface area contributed by atoms with Gasteiger partial charge in [0.05, 0.1) is 6.61 Å². The summed E-state index contributed by atoms with van der Waals surface area (Å²) in [6.07, 6.45) is 9.67. The highest BCUT2D eigenvalue weighted by Crippen LogP contribution is 2.41. The lowest BCUT2D eigenvalue weighted by Gasteiger charge is -2.34. The molecule has 0 atom stereocenters. The minimum absolute atomic E-state index is 0.0768. The number of aliphatic hydroxyl groups is 1. The van der Waals surface area contributed by atoms with Crippen molar-refractivity contribution in [1.29, 1.82) is 0 Å². The van der Waals surface area contributed by atoms with Crippen LogP contribution in [0, 0.1) is 24.7 Å². The van der Waals surface area contributed by atoms with E-state index in [1.165, 1.54) is 37.7 Å². The summed E-state index contributed by atoms with van der Waals surface area (Å²) in [6, 6.07) is 5.62. The number of ether oxygens (including phenoxy) is 1. The largest absolute Gasteiger partial charge is 0.494 e. The van der Waals surface area contributed by atoms with Gasteiger partial charge in [0, 0.05) is 44.1 Å². The van der Waals surface area contributed by atoms with Gasteiger partial charge in [-0.3, -0.25) is 4.79 Å². The van der Waals surface area contributed by atoms with Gasteiger partial charge in [-0.25, -0.2) is 0 Å². The van der Waals surface area contributed by atoms with Crippen molar-refractivity contribution in [1.82, 2.24) is 10.2 Å². The van der Waals surface area contributed by atoms with Crippen LogP contribution in [-0.4, -0.2) is 54.6 Å². The number of nitrogens with zero attached hydrogens (tertiary/aromatic N) is 2. The van der Waals surface area contributed by atoms with Crippen LogP contribution in [0.1, 0.15) is 87.6 Å². The number of nitrogens with one attached hydrogen (secondary N) is 1. The summed E-state index contributed by atoms with van der Waals surface area (Å²) in [7, 11) is 0. The Morgan fingerprint density at radius 3 is 2.68 bits per heavy atom. The predicted octanol–water partition coefficient (Wildman–Crippen LogP) is 5.42. The van der Waals surface area contributed by atoms with Gasteiger partial charge in [0.25, 0.3) is 5.91 Å². The molecule has 204 valence electrons. The number of amides is 1. The molecule has 4 rings (SSSR count). The molecular weight excluding hydrogens is 466 g/mol. The van der Waals surface area contributed by atoms with E-state index in [1.807, 2.05) is 25.1 Å². The first kappa shape index (κ1) is 27.5. The first-order valence-electron chi connectivity index (χ1n) is 14.3. The number of allylic oxidation sites excluding steroid dienone is 2. The fourth-order valence-electron chi connectivity index (χ4n) is 5.80. The second-order valence-electron chi connectivity index (χ2n) is 11.2. The summed E-state index contributed by atoms with van der Waals surface area (Å²) >= 11 is 0. The average Bonchev–Trinajstić information content (AvgIpc) is 3.06. The number of piperidine rings is 1. The van der Waals surface area contributed by atoms with Crippen LogP contribution < -0.4 is 10.1 Å². The third kappa shape index (κ3) is 7.50. The van der Waals surface area contributed by atoms with Crippen LogP contribution in [-0.2, 0) is 4.84 Å². The summed E-state index contributed by atoms with van der Waals surface area (Å²) in [5.41, 5.74) is 2.94. The lowest BCUT2D eigenvalue weighted by molar-refractivity contribution is 0.0950. The Balaban J connectivity index is 1.14. The van der Waals surface area contributed by atoms with Gasteiger partial charge in [0.1, 0.15) is 17.3 Å². The van der Waals surface area contributed by atoms with Crippen LogP contribution >= 0.6 is 0 Å². The molecule has 3 aliphatic rings. The summed E-state index contributed by atoms with van der Waals surface area (Å²) in [4.78, 5) is 20.7. The van der Waals surface area contributed by atoms with Gasteiger partial charge >= 0.3 is 0 Å². The minimum Gasteiger partial charge on any atom is -0.494 e. The first-order chi connectivity index (χ1) is 17.9. The van der Waals surface area contributed by atoms with E-state index in [0.29, 0.717) is 31.1 Å². The number of aryl methyl sites for hydroxylation is 1. The van der Waals surface area contributed by atoms with Crippen molar-refractivity contribution in [3.8, 4) is 5.75 Å². The third-order valence-corrected chi connectivity index (χ3v) is 8.21. The molecule has 0 unspecified atom stereocenters. The Bertz CT molecular complexity index is 975. The van der Waals surface area contributed by atoms with E-state index in [2.05, 4.69) is 29.2 Å². The maximum Gasteiger partial charge on any atom is 0.251 e. The fraction of sp³-hybridized carbons (Fsp3) is 0.667. The zero-order valence-corrected chi connectivity index (χ0v) is 22.9. The molecule has 7 nitrogen and oxygen atoms in total. The highest BCUT2D eigenvalue weighted by molar-refractivity contribution is 5.95. The highest BCUT2D eigenvalue weighted by atomic mass is 16.6. The van der Waals surface area contributed by atoms with Crippen LogP contribution in [0.25, 0.3) is 0 Å². The number of hydrogen-bond acceptors (Lipinski definition) is 6. The molecule has 2 heterocycles. The fourth-order valence-corrected chi connectivity index (χ4v) is 5.80. The van der Waals surface area contributed by atoms with Crippen molar-refractivity contribution in [2.45, 2.75) is 78.6 Å². The molecule has 1 aromatic carbocycles. The van der Waals surface area contributed by atoms with E-state index < -0.39 is 0 Å². The Hall–Kier alpha value is -2.54. The summed E-state index contributed by atoms with van der Waals surface area (Å²) in [5, 5.41) is 16.3. The molecule has 2 fully saturated rings. The van der Waals surface area contributed by atoms with Crippen molar-refractivity contribution in [3.63, 3.8) is 0 Å². The molecule has 0 radical (unpaired) electrons. The highest BCUT2D eigenvalue weighted by Gasteiger charge is 2.33. The van der Waals surface area contributed by atoms with Gasteiger partial charge in [-0.05, 0) is 106 Å². The van der Waals surface area contributed by atoms with Crippen molar-refractivity contribution in [2.75, 3.05) is 32.8 Å². The number of likely N-dealkylation sites (tertiary alicyclic amines) is 1. The second-order valence-corrected chi connectivity index (χ2v) is 11.2. The molecule has 1 amide bonds. The van der Waals surface area contributed by atoms with E-state index in [4.69, 9.17) is 14.7 Å². The molecule has 1 saturated heterocycles. The number of carbonyl (C=O) groups excluding carboxylic acids is 1. The van der Waals surface area contributed by atoms with E-state index >= 15 is 0 Å². The van der Waals surface area contributed by atoms with Gasteiger partial charge < -0.3 is 24.9 Å². The van der Waals surface area contributed by atoms with Gasteiger partial charge in [0.2, 0.25) is 0 Å². The number of benzene rings is 1. The van der Waals surface area contributed by atoms with Gasteiger partial charge in [-0.1, -0.05) is 12.1 Å². The summed E-state index contributed by atoms with van der Waals surface area (Å²) in [5.74, 6) is 5.10. The van der Waals surface area contributed by atoms with Crippen molar-refractivity contribution in [3.05, 3.63) is 40.7 Å². The molecule has 1 saturated carbocycles. The Morgan fingerprint density at radius 1 is 1.19 bits per heavy atom. The molecular formula is C30H45N3O4. The van der Waals surface area contributed by atoms with E-state index in [9.17, 15) is 4.79 Å². The van der Waals surface area contributed by atoms with Crippen LogP contribution in [0.3, 0.4) is 0 Å². The number of amidine groups is 1. The normalized spacial score (nSPS) is 22.6. The lowest BCUT2D eigenvalue weighted by Crippen LogP contribution is -2.38. The Labute approximate surface area is 222 Å². The van der Waals surface area contributed by atoms with E-state index in [0.717, 1.165) is 67.1 Å². The smallest absolute Gasteiger partial charge is 0.251 e. The average molecular weight is 512 g/mol. The Morgan fingerprint density at radius 2 is 1.97 bits per heavy atom. The van der Waals surface area contributed by atoms with Crippen LogP contribution in [0.15, 0.2) is 34.7 Å².